The van der Waals surface area contributed by atoms with Gasteiger partial charge in [0.15, 0.2) is 0 Å². The van der Waals surface area contributed by atoms with Crippen molar-refractivity contribution in [2.75, 3.05) is 13.6 Å². The molecule has 0 saturated carbocycles. The van der Waals surface area contributed by atoms with Gasteiger partial charge in [0, 0.05) is 30.6 Å². The van der Waals surface area contributed by atoms with Crippen LogP contribution in [-0.2, 0) is 27.4 Å². The summed E-state index contributed by atoms with van der Waals surface area (Å²) in [6.07, 6.45) is 1.19. The molecule has 0 aliphatic heterocycles. The lowest BCUT2D eigenvalue weighted by atomic mass is 10.0. The lowest BCUT2D eigenvalue weighted by molar-refractivity contribution is -0.141. The Morgan fingerprint density at radius 1 is 1.10 bits per heavy atom. The van der Waals surface area contributed by atoms with Crippen LogP contribution in [0, 0.1) is 0 Å². The summed E-state index contributed by atoms with van der Waals surface area (Å²) in [7, 11) is 1.42. The molecule has 0 aliphatic carbocycles. The third kappa shape index (κ3) is 5.38. The van der Waals surface area contributed by atoms with Gasteiger partial charge in [0.1, 0.15) is 19.2 Å². The summed E-state index contributed by atoms with van der Waals surface area (Å²) in [6.45, 7) is -0.227. The monoisotopic (exact) mass is 409 g/mol. The molecule has 0 fully saturated rings. The highest BCUT2D eigenvalue weighted by Crippen LogP contribution is 2.19. The largest absolute Gasteiger partial charge is 0.480 e. The maximum Gasteiger partial charge on any atom is 0.410 e. The number of rotatable bonds is 8. The second kappa shape index (κ2) is 9.60. The van der Waals surface area contributed by atoms with E-state index in [0.29, 0.717) is 0 Å². The Labute approximate surface area is 173 Å². The number of hydrogen-bond acceptors (Lipinski definition) is 4. The maximum atomic E-state index is 12.3. The number of carboxylic acids is 1. The van der Waals surface area contributed by atoms with Crippen LogP contribution in [0.25, 0.3) is 10.9 Å². The molecule has 3 aromatic rings. The number of carboxylic acid groups (broad SMARTS) is 1. The van der Waals surface area contributed by atoms with Crippen molar-refractivity contribution in [2.24, 2.45) is 0 Å². The lowest BCUT2D eigenvalue weighted by Crippen LogP contribution is -2.47. The average molecular weight is 409 g/mol. The number of fused-ring (bicyclic) bond motifs is 1. The number of aromatic amines is 1. The highest BCUT2D eigenvalue weighted by atomic mass is 16.6. The van der Waals surface area contributed by atoms with Crippen molar-refractivity contribution >= 4 is 28.9 Å². The minimum absolute atomic E-state index is 0.0872. The molecule has 2 amide bonds. The van der Waals surface area contributed by atoms with Crippen LogP contribution in [-0.4, -0.2) is 52.6 Å². The quantitative estimate of drug-likeness (QED) is 0.529. The zero-order chi connectivity index (χ0) is 21.5. The van der Waals surface area contributed by atoms with Crippen molar-refractivity contribution < 1.29 is 24.2 Å². The van der Waals surface area contributed by atoms with E-state index in [9.17, 15) is 19.5 Å². The van der Waals surface area contributed by atoms with Gasteiger partial charge < -0.3 is 25.0 Å². The van der Waals surface area contributed by atoms with E-state index < -0.39 is 24.0 Å². The first-order chi connectivity index (χ1) is 14.4. The van der Waals surface area contributed by atoms with E-state index in [2.05, 4.69) is 10.3 Å². The standard InChI is InChI=1S/C22H23N3O5/c1-25(22(29)30-14-15-7-3-2-4-8-15)13-20(26)24-19(21(27)28)11-16-12-23-18-10-6-5-9-17(16)18/h2-10,12,19,23H,11,13-14H2,1H3,(H,24,26)(H,27,28). The molecule has 2 aromatic carbocycles. The smallest absolute Gasteiger partial charge is 0.410 e. The topological polar surface area (TPSA) is 112 Å². The summed E-state index contributed by atoms with van der Waals surface area (Å²) in [4.78, 5) is 40.2. The lowest BCUT2D eigenvalue weighted by Gasteiger charge is -2.19. The Hall–Kier alpha value is -3.81. The minimum Gasteiger partial charge on any atom is -0.480 e. The fourth-order valence-corrected chi connectivity index (χ4v) is 3.07. The molecule has 30 heavy (non-hydrogen) atoms. The van der Waals surface area contributed by atoms with Crippen LogP contribution in [0.5, 0.6) is 0 Å². The van der Waals surface area contributed by atoms with Crippen LogP contribution in [0.2, 0.25) is 0 Å². The molecular formula is C22H23N3O5. The fraction of sp³-hybridized carbons (Fsp3) is 0.227. The molecule has 0 aliphatic rings. The highest BCUT2D eigenvalue weighted by Gasteiger charge is 2.23. The van der Waals surface area contributed by atoms with Gasteiger partial charge in [-0.15, -0.1) is 0 Å². The van der Waals surface area contributed by atoms with Gasteiger partial charge in [0.2, 0.25) is 5.91 Å². The second-order valence-electron chi connectivity index (χ2n) is 6.92. The number of aliphatic carboxylic acids is 1. The molecule has 3 N–H and O–H groups in total. The van der Waals surface area contributed by atoms with Gasteiger partial charge in [0.05, 0.1) is 0 Å². The Kier molecular flexibility index (Phi) is 6.69. The number of hydrogen-bond donors (Lipinski definition) is 3. The van der Waals surface area contributed by atoms with E-state index in [1.165, 1.54) is 7.05 Å². The van der Waals surface area contributed by atoms with Crippen molar-refractivity contribution in [2.45, 2.75) is 19.1 Å². The zero-order valence-electron chi connectivity index (χ0n) is 16.5. The highest BCUT2D eigenvalue weighted by molar-refractivity contribution is 5.88. The number of ether oxygens (including phenoxy) is 1. The molecule has 0 saturated heterocycles. The molecule has 0 radical (unpaired) electrons. The van der Waals surface area contributed by atoms with Gasteiger partial charge in [-0.25, -0.2) is 9.59 Å². The number of aromatic nitrogens is 1. The van der Waals surface area contributed by atoms with Gasteiger partial charge >= 0.3 is 12.1 Å². The number of para-hydroxylation sites is 1. The molecule has 1 unspecified atom stereocenters. The van der Waals surface area contributed by atoms with Gasteiger partial charge in [-0.2, -0.15) is 0 Å². The molecule has 0 spiro atoms. The van der Waals surface area contributed by atoms with Crippen LogP contribution in [0.3, 0.4) is 0 Å². The van der Waals surface area contributed by atoms with Crippen molar-refractivity contribution in [3.05, 3.63) is 71.9 Å². The second-order valence-corrected chi connectivity index (χ2v) is 6.92. The third-order valence-electron chi connectivity index (χ3n) is 4.63. The average Bonchev–Trinajstić information content (AvgIpc) is 3.15. The van der Waals surface area contributed by atoms with Crippen LogP contribution >= 0.6 is 0 Å². The van der Waals surface area contributed by atoms with Crippen LogP contribution in [0.15, 0.2) is 60.8 Å². The first-order valence-corrected chi connectivity index (χ1v) is 9.43. The molecular weight excluding hydrogens is 386 g/mol. The number of nitrogens with one attached hydrogen (secondary N) is 2. The number of carbonyl (C=O) groups is 3. The van der Waals surface area contributed by atoms with Gasteiger partial charge in [-0.05, 0) is 17.2 Å². The van der Waals surface area contributed by atoms with E-state index in [4.69, 9.17) is 4.74 Å². The van der Waals surface area contributed by atoms with Crippen molar-refractivity contribution in [1.29, 1.82) is 0 Å². The summed E-state index contributed by atoms with van der Waals surface area (Å²) >= 11 is 0. The normalized spacial score (nSPS) is 11.6. The van der Waals surface area contributed by atoms with E-state index >= 15 is 0 Å². The fourth-order valence-electron chi connectivity index (χ4n) is 3.07. The summed E-state index contributed by atoms with van der Waals surface area (Å²) in [5.74, 6) is -1.73. The number of benzene rings is 2. The molecule has 8 nitrogen and oxygen atoms in total. The van der Waals surface area contributed by atoms with E-state index in [-0.39, 0.29) is 19.6 Å². The Bertz CT molecular complexity index is 1030. The summed E-state index contributed by atoms with van der Waals surface area (Å²) < 4.78 is 5.16. The minimum atomic E-state index is -1.15. The predicted molar refractivity (Wildman–Crippen MR) is 111 cm³/mol. The number of H-pyrrole nitrogens is 1. The summed E-state index contributed by atoms with van der Waals surface area (Å²) in [6, 6.07) is 15.6. The van der Waals surface area contributed by atoms with Gasteiger partial charge in [-0.3, -0.25) is 4.79 Å². The molecule has 0 bridgehead atoms. The SMILES string of the molecule is CN(CC(=O)NC(Cc1c[nH]c2ccccc12)C(=O)O)C(=O)OCc1ccccc1. The molecule has 8 heteroatoms. The zero-order valence-corrected chi connectivity index (χ0v) is 16.5. The van der Waals surface area contributed by atoms with E-state index in [1.54, 1.807) is 6.20 Å². The Balaban J connectivity index is 1.54. The van der Waals surface area contributed by atoms with E-state index in [1.807, 2.05) is 54.6 Å². The molecule has 156 valence electrons. The first-order valence-electron chi connectivity index (χ1n) is 9.43. The third-order valence-corrected chi connectivity index (χ3v) is 4.63. The Morgan fingerprint density at radius 3 is 2.53 bits per heavy atom. The van der Waals surface area contributed by atoms with Crippen LogP contribution in [0.4, 0.5) is 4.79 Å². The summed E-state index contributed by atoms with van der Waals surface area (Å²) in [5, 5.41) is 12.9. The number of amides is 2. The molecule has 1 atom stereocenters. The number of nitrogens with zero attached hydrogens (tertiary/aromatic N) is 1. The van der Waals surface area contributed by atoms with E-state index in [0.717, 1.165) is 26.9 Å². The molecule has 3 rings (SSSR count). The van der Waals surface area contributed by atoms with Gasteiger partial charge in [0.25, 0.3) is 0 Å². The first kappa shape index (κ1) is 20.9. The molecule has 1 heterocycles. The predicted octanol–water partition coefficient (Wildman–Crippen LogP) is 2.55. The number of likely N-dealkylation sites (N-methyl/N-ethyl adjacent to an activating group) is 1. The Morgan fingerprint density at radius 2 is 1.80 bits per heavy atom. The molecule has 1 aromatic heterocycles. The van der Waals surface area contributed by atoms with Crippen molar-refractivity contribution in [3.63, 3.8) is 0 Å². The van der Waals surface area contributed by atoms with Crippen molar-refractivity contribution in [3.8, 4) is 0 Å². The summed E-state index contributed by atoms with van der Waals surface area (Å²) in [5.41, 5.74) is 2.51. The number of carbonyl (C=O) groups excluding carboxylic acids is 2. The maximum absolute atomic E-state index is 12.3. The van der Waals surface area contributed by atoms with Crippen molar-refractivity contribution in [1.82, 2.24) is 15.2 Å². The van der Waals surface area contributed by atoms with Gasteiger partial charge in [-0.1, -0.05) is 48.5 Å². The van der Waals surface area contributed by atoms with Crippen LogP contribution in [0.1, 0.15) is 11.1 Å². The van der Waals surface area contributed by atoms with Crippen LogP contribution < -0.4 is 5.32 Å².